The molecule has 0 saturated heterocycles. The number of carbonyl (C=O) groups excluding carboxylic acids is 1. The van der Waals surface area contributed by atoms with E-state index in [1.54, 1.807) is 0 Å². The Morgan fingerprint density at radius 1 is 1.18 bits per heavy atom. The Labute approximate surface area is 107 Å². The van der Waals surface area contributed by atoms with Crippen molar-refractivity contribution in [2.75, 3.05) is 6.61 Å². The van der Waals surface area contributed by atoms with E-state index >= 15 is 0 Å². The summed E-state index contributed by atoms with van der Waals surface area (Å²) in [7, 11) is 0. The van der Waals surface area contributed by atoms with Crippen molar-refractivity contribution in [3.05, 3.63) is 0 Å². The van der Waals surface area contributed by atoms with Crippen molar-refractivity contribution in [2.45, 2.75) is 72.8 Å². The zero-order chi connectivity index (χ0) is 13.3. The van der Waals surface area contributed by atoms with Crippen LogP contribution in [0, 0.1) is 11.8 Å². The standard InChI is InChI=1S/C15H30O2/c1-6-9-10-13(7-2)11-14(16)15(12(4)5)17-8-3/h12-13,15H,6-11H2,1-5H3. The molecular formula is C15H30O2. The van der Waals surface area contributed by atoms with Gasteiger partial charge in [-0.15, -0.1) is 0 Å². The lowest BCUT2D eigenvalue weighted by Crippen LogP contribution is -2.31. The molecule has 2 atom stereocenters. The molecule has 0 aromatic carbocycles. The van der Waals surface area contributed by atoms with E-state index in [0.29, 0.717) is 24.7 Å². The molecule has 2 nitrogen and oxygen atoms in total. The highest BCUT2D eigenvalue weighted by atomic mass is 16.5. The number of ether oxygens (including phenoxy) is 1. The quantitative estimate of drug-likeness (QED) is 0.573. The molecule has 2 heteroatoms. The van der Waals surface area contributed by atoms with E-state index in [0.717, 1.165) is 6.42 Å². The summed E-state index contributed by atoms with van der Waals surface area (Å²) >= 11 is 0. The van der Waals surface area contributed by atoms with E-state index < -0.39 is 0 Å². The Hall–Kier alpha value is -0.370. The average Bonchev–Trinajstić information content (AvgIpc) is 2.30. The molecule has 2 unspecified atom stereocenters. The summed E-state index contributed by atoms with van der Waals surface area (Å²) < 4.78 is 5.57. The third-order valence-corrected chi connectivity index (χ3v) is 3.30. The van der Waals surface area contributed by atoms with Gasteiger partial charge in [-0.05, 0) is 18.8 Å². The molecule has 0 aliphatic rings. The van der Waals surface area contributed by atoms with E-state index in [1.165, 1.54) is 19.3 Å². The van der Waals surface area contributed by atoms with E-state index in [4.69, 9.17) is 4.74 Å². The van der Waals surface area contributed by atoms with Crippen LogP contribution in [0.5, 0.6) is 0 Å². The highest BCUT2D eigenvalue weighted by Crippen LogP contribution is 2.20. The van der Waals surface area contributed by atoms with Crippen LogP contribution < -0.4 is 0 Å². The molecule has 0 bridgehead atoms. The molecule has 0 aliphatic carbocycles. The Balaban J connectivity index is 4.25. The lowest BCUT2D eigenvalue weighted by atomic mass is 9.90. The van der Waals surface area contributed by atoms with Gasteiger partial charge in [0.2, 0.25) is 0 Å². The number of unbranched alkanes of at least 4 members (excludes halogenated alkanes) is 1. The topological polar surface area (TPSA) is 26.3 Å². The van der Waals surface area contributed by atoms with Crippen molar-refractivity contribution in [3.8, 4) is 0 Å². The largest absolute Gasteiger partial charge is 0.370 e. The molecule has 0 aliphatic heterocycles. The maximum atomic E-state index is 12.2. The first-order chi connectivity index (χ1) is 8.06. The van der Waals surface area contributed by atoms with Crippen molar-refractivity contribution in [1.82, 2.24) is 0 Å². The first-order valence-corrected chi connectivity index (χ1v) is 7.20. The number of rotatable bonds is 10. The molecule has 0 N–H and O–H groups in total. The van der Waals surface area contributed by atoms with Crippen LogP contribution in [0.1, 0.15) is 66.7 Å². The second-order valence-corrected chi connectivity index (χ2v) is 5.21. The lowest BCUT2D eigenvalue weighted by molar-refractivity contribution is -0.134. The molecule has 102 valence electrons. The van der Waals surface area contributed by atoms with Crippen LogP contribution in [0.25, 0.3) is 0 Å². The lowest BCUT2D eigenvalue weighted by Gasteiger charge is -2.22. The normalized spacial score (nSPS) is 14.9. The molecule has 0 fully saturated rings. The molecule has 0 rings (SSSR count). The van der Waals surface area contributed by atoms with E-state index in [9.17, 15) is 4.79 Å². The fourth-order valence-corrected chi connectivity index (χ4v) is 2.18. The number of hydrogen-bond donors (Lipinski definition) is 0. The third-order valence-electron chi connectivity index (χ3n) is 3.30. The minimum absolute atomic E-state index is 0.198. The van der Waals surface area contributed by atoms with E-state index in [-0.39, 0.29) is 12.0 Å². The molecule has 0 spiro atoms. The Morgan fingerprint density at radius 3 is 2.24 bits per heavy atom. The molecule has 17 heavy (non-hydrogen) atoms. The Kier molecular flexibility index (Phi) is 9.43. The highest BCUT2D eigenvalue weighted by Gasteiger charge is 2.24. The van der Waals surface area contributed by atoms with Gasteiger partial charge in [0.15, 0.2) is 5.78 Å². The van der Waals surface area contributed by atoms with E-state index in [1.807, 2.05) is 6.92 Å². The van der Waals surface area contributed by atoms with Crippen LogP contribution in [0.4, 0.5) is 0 Å². The summed E-state index contributed by atoms with van der Waals surface area (Å²) in [5, 5.41) is 0. The van der Waals surface area contributed by atoms with Gasteiger partial charge < -0.3 is 4.74 Å². The van der Waals surface area contributed by atoms with Crippen LogP contribution in [-0.4, -0.2) is 18.5 Å². The molecular weight excluding hydrogens is 212 g/mol. The predicted octanol–water partition coefficient (Wildman–Crippen LogP) is 4.22. The van der Waals surface area contributed by atoms with Crippen LogP contribution in [0.3, 0.4) is 0 Å². The number of ketones is 1. The van der Waals surface area contributed by atoms with Gasteiger partial charge >= 0.3 is 0 Å². The maximum Gasteiger partial charge on any atom is 0.162 e. The summed E-state index contributed by atoms with van der Waals surface area (Å²) in [6.07, 6.45) is 5.21. The van der Waals surface area contributed by atoms with Gasteiger partial charge in [0.05, 0.1) is 0 Å². The zero-order valence-electron chi connectivity index (χ0n) is 12.3. The number of hydrogen-bond acceptors (Lipinski definition) is 2. The van der Waals surface area contributed by atoms with Crippen LogP contribution in [0.2, 0.25) is 0 Å². The molecule has 0 radical (unpaired) electrons. The van der Waals surface area contributed by atoms with Gasteiger partial charge in [-0.3, -0.25) is 4.79 Å². The molecule has 0 saturated carbocycles. The van der Waals surface area contributed by atoms with Crippen LogP contribution in [-0.2, 0) is 9.53 Å². The smallest absolute Gasteiger partial charge is 0.162 e. The second kappa shape index (κ2) is 9.64. The monoisotopic (exact) mass is 242 g/mol. The molecule has 0 aromatic heterocycles. The fourth-order valence-electron chi connectivity index (χ4n) is 2.18. The Bertz CT molecular complexity index is 199. The second-order valence-electron chi connectivity index (χ2n) is 5.21. The predicted molar refractivity (Wildman–Crippen MR) is 73.2 cm³/mol. The van der Waals surface area contributed by atoms with Gasteiger partial charge in [0.25, 0.3) is 0 Å². The van der Waals surface area contributed by atoms with Crippen molar-refractivity contribution >= 4 is 5.78 Å². The summed E-state index contributed by atoms with van der Waals surface area (Å²) in [5.74, 6) is 1.13. The summed E-state index contributed by atoms with van der Waals surface area (Å²) in [6, 6.07) is 0. The first kappa shape index (κ1) is 16.6. The van der Waals surface area contributed by atoms with Gasteiger partial charge in [0.1, 0.15) is 6.10 Å². The van der Waals surface area contributed by atoms with Crippen molar-refractivity contribution in [3.63, 3.8) is 0 Å². The molecule has 0 amide bonds. The van der Waals surface area contributed by atoms with Gasteiger partial charge in [-0.25, -0.2) is 0 Å². The zero-order valence-corrected chi connectivity index (χ0v) is 12.3. The highest BCUT2D eigenvalue weighted by molar-refractivity contribution is 5.83. The third kappa shape index (κ3) is 6.82. The van der Waals surface area contributed by atoms with Gasteiger partial charge in [-0.2, -0.15) is 0 Å². The van der Waals surface area contributed by atoms with E-state index in [2.05, 4.69) is 27.7 Å². The first-order valence-electron chi connectivity index (χ1n) is 7.20. The SMILES string of the molecule is CCCCC(CC)CC(=O)C(OCC)C(C)C. The Morgan fingerprint density at radius 2 is 1.82 bits per heavy atom. The van der Waals surface area contributed by atoms with Crippen molar-refractivity contribution in [1.29, 1.82) is 0 Å². The minimum Gasteiger partial charge on any atom is -0.370 e. The fraction of sp³-hybridized carbons (Fsp3) is 0.933. The summed E-state index contributed by atoms with van der Waals surface area (Å²) in [6.45, 7) is 11.1. The summed E-state index contributed by atoms with van der Waals surface area (Å²) in [4.78, 5) is 12.2. The van der Waals surface area contributed by atoms with Gasteiger partial charge in [-0.1, -0.05) is 53.4 Å². The van der Waals surface area contributed by atoms with Crippen LogP contribution in [0.15, 0.2) is 0 Å². The minimum atomic E-state index is -0.198. The van der Waals surface area contributed by atoms with Gasteiger partial charge in [0, 0.05) is 13.0 Å². The molecule has 0 aromatic rings. The number of Topliss-reactive ketones (excluding diaryl/α,β-unsaturated/α-hetero) is 1. The van der Waals surface area contributed by atoms with Crippen LogP contribution >= 0.6 is 0 Å². The maximum absolute atomic E-state index is 12.2. The average molecular weight is 242 g/mol. The summed E-state index contributed by atoms with van der Waals surface area (Å²) in [5.41, 5.74) is 0. The number of carbonyl (C=O) groups is 1. The van der Waals surface area contributed by atoms with Crippen molar-refractivity contribution in [2.24, 2.45) is 11.8 Å². The molecule has 0 heterocycles. The van der Waals surface area contributed by atoms with Crippen molar-refractivity contribution < 1.29 is 9.53 Å².